The van der Waals surface area contributed by atoms with E-state index in [1.54, 1.807) is 13.8 Å². The molecule has 22 heavy (non-hydrogen) atoms. The molecular formula is C11H14F7NO3. The zero-order valence-corrected chi connectivity index (χ0v) is 11.7. The highest BCUT2D eigenvalue weighted by atomic mass is 19.4. The molecule has 1 unspecified atom stereocenters. The maximum atomic E-state index is 13.0. The van der Waals surface area contributed by atoms with Gasteiger partial charge in [-0.25, -0.2) is 4.79 Å². The molecule has 0 aromatic rings. The van der Waals surface area contributed by atoms with Gasteiger partial charge in [0.2, 0.25) is 0 Å². The van der Waals surface area contributed by atoms with Gasteiger partial charge in [-0.2, -0.15) is 30.7 Å². The van der Waals surface area contributed by atoms with Crippen molar-refractivity contribution in [2.24, 2.45) is 5.92 Å². The van der Waals surface area contributed by atoms with Gasteiger partial charge in [0.25, 0.3) is 5.91 Å². The molecule has 130 valence electrons. The standard InChI is InChI=1S/C11H14F7NO3/c1-5(2)4-22-7(20)6(3)19-8(21)9(12,13)10(14,15)11(16,17)18/h5-6H,4H2,1-3H3,(H,19,21). The summed E-state index contributed by atoms with van der Waals surface area (Å²) in [6, 6.07) is -1.82. The predicted octanol–water partition coefficient (Wildman–Crippen LogP) is 2.52. The number of ether oxygens (including phenoxy) is 1. The molecule has 1 N–H and O–H groups in total. The van der Waals surface area contributed by atoms with Crippen molar-refractivity contribution in [3.8, 4) is 0 Å². The molecule has 0 radical (unpaired) electrons. The zero-order chi connectivity index (χ0) is 17.9. The second kappa shape index (κ2) is 6.69. The highest BCUT2D eigenvalue weighted by molar-refractivity contribution is 5.89. The monoisotopic (exact) mass is 341 g/mol. The van der Waals surface area contributed by atoms with E-state index in [-0.39, 0.29) is 12.5 Å². The van der Waals surface area contributed by atoms with Crippen LogP contribution in [0, 0.1) is 5.92 Å². The van der Waals surface area contributed by atoms with Crippen molar-refractivity contribution in [2.45, 2.75) is 44.8 Å². The first-order valence-electron chi connectivity index (χ1n) is 5.94. The smallest absolute Gasteiger partial charge is 0.460 e. The SMILES string of the molecule is CC(C)COC(=O)C(C)NC(=O)C(F)(F)C(F)(F)C(F)(F)F. The Bertz CT molecular complexity index is 420. The molecular weight excluding hydrogens is 327 g/mol. The van der Waals surface area contributed by atoms with Gasteiger partial charge in [0.15, 0.2) is 0 Å². The van der Waals surface area contributed by atoms with Crippen molar-refractivity contribution >= 4 is 11.9 Å². The molecule has 1 amide bonds. The third-order valence-electron chi connectivity index (χ3n) is 2.30. The second-order valence-electron chi connectivity index (χ2n) is 4.87. The van der Waals surface area contributed by atoms with E-state index in [1.807, 2.05) is 0 Å². The molecule has 0 bridgehead atoms. The minimum atomic E-state index is -6.63. The molecule has 0 heterocycles. The fourth-order valence-corrected chi connectivity index (χ4v) is 1.04. The van der Waals surface area contributed by atoms with Crippen LogP contribution in [0.2, 0.25) is 0 Å². The minimum absolute atomic E-state index is 0.136. The molecule has 0 saturated heterocycles. The lowest BCUT2D eigenvalue weighted by Gasteiger charge is -2.27. The van der Waals surface area contributed by atoms with Gasteiger partial charge in [-0.05, 0) is 12.8 Å². The van der Waals surface area contributed by atoms with Gasteiger partial charge >= 0.3 is 24.0 Å². The lowest BCUT2D eigenvalue weighted by Crippen LogP contribution is -2.61. The van der Waals surface area contributed by atoms with Crippen molar-refractivity contribution in [3.05, 3.63) is 0 Å². The van der Waals surface area contributed by atoms with E-state index in [0.29, 0.717) is 0 Å². The highest BCUT2D eigenvalue weighted by Crippen LogP contribution is 2.46. The summed E-state index contributed by atoms with van der Waals surface area (Å²) in [5.41, 5.74) is 0. The van der Waals surface area contributed by atoms with E-state index in [4.69, 9.17) is 0 Å². The molecule has 0 saturated carbocycles. The average molecular weight is 341 g/mol. The van der Waals surface area contributed by atoms with Crippen LogP contribution in [0.4, 0.5) is 30.7 Å². The maximum Gasteiger partial charge on any atom is 0.460 e. The Morgan fingerprint density at radius 3 is 1.82 bits per heavy atom. The van der Waals surface area contributed by atoms with Gasteiger partial charge in [-0.15, -0.1) is 0 Å². The van der Waals surface area contributed by atoms with Crippen LogP contribution in [0.3, 0.4) is 0 Å². The second-order valence-corrected chi connectivity index (χ2v) is 4.87. The van der Waals surface area contributed by atoms with Gasteiger partial charge in [-0.3, -0.25) is 4.79 Å². The quantitative estimate of drug-likeness (QED) is 0.597. The van der Waals surface area contributed by atoms with E-state index in [0.717, 1.165) is 12.2 Å². The molecule has 11 heteroatoms. The molecule has 0 rings (SSSR count). The van der Waals surface area contributed by atoms with Crippen LogP contribution in [0.15, 0.2) is 0 Å². The minimum Gasteiger partial charge on any atom is -0.464 e. The van der Waals surface area contributed by atoms with Crippen molar-refractivity contribution < 1.29 is 45.1 Å². The van der Waals surface area contributed by atoms with Crippen molar-refractivity contribution in [1.82, 2.24) is 5.32 Å². The van der Waals surface area contributed by atoms with E-state index in [2.05, 4.69) is 4.74 Å². The first-order chi connectivity index (χ1) is 9.64. The number of carbonyl (C=O) groups excluding carboxylic acids is 2. The summed E-state index contributed by atoms with van der Waals surface area (Å²) in [7, 11) is 0. The Labute approximate surface area is 121 Å². The summed E-state index contributed by atoms with van der Waals surface area (Å²) in [5, 5.41) is 1.08. The molecule has 0 fully saturated rings. The number of alkyl halides is 7. The number of esters is 1. The lowest BCUT2D eigenvalue weighted by atomic mass is 10.1. The number of halogens is 7. The van der Waals surface area contributed by atoms with E-state index < -0.39 is 35.9 Å². The summed E-state index contributed by atoms with van der Waals surface area (Å²) in [6.45, 7) is 3.93. The lowest BCUT2D eigenvalue weighted by molar-refractivity contribution is -0.344. The first-order valence-corrected chi connectivity index (χ1v) is 5.94. The fourth-order valence-electron chi connectivity index (χ4n) is 1.04. The highest BCUT2D eigenvalue weighted by Gasteiger charge is 2.76. The molecule has 0 aliphatic rings. The van der Waals surface area contributed by atoms with Gasteiger partial charge < -0.3 is 10.1 Å². The summed E-state index contributed by atoms with van der Waals surface area (Å²) >= 11 is 0. The Morgan fingerprint density at radius 2 is 1.45 bits per heavy atom. The topological polar surface area (TPSA) is 55.4 Å². The summed E-state index contributed by atoms with van der Waals surface area (Å²) in [6.07, 6.45) is -6.63. The third-order valence-corrected chi connectivity index (χ3v) is 2.30. The normalized spacial score (nSPS) is 14.7. The molecule has 1 atom stereocenters. The van der Waals surface area contributed by atoms with Gasteiger partial charge in [0.1, 0.15) is 6.04 Å². The molecule has 0 aromatic heterocycles. The van der Waals surface area contributed by atoms with Gasteiger partial charge in [0.05, 0.1) is 6.61 Å². The number of hydrogen-bond acceptors (Lipinski definition) is 3. The van der Waals surface area contributed by atoms with Crippen molar-refractivity contribution in [1.29, 1.82) is 0 Å². The largest absolute Gasteiger partial charge is 0.464 e. The number of carbonyl (C=O) groups is 2. The van der Waals surface area contributed by atoms with E-state index in [1.165, 1.54) is 0 Å². The van der Waals surface area contributed by atoms with Gasteiger partial charge in [-0.1, -0.05) is 13.8 Å². The van der Waals surface area contributed by atoms with Crippen LogP contribution >= 0.6 is 0 Å². The van der Waals surface area contributed by atoms with E-state index >= 15 is 0 Å². The molecule has 0 aliphatic heterocycles. The fraction of sp³-hybridized carbons (Fsp3) is 0.818. The molecule has 0 spiro atoms. The Kier molecular flexibility index (Phi) is 6.22. The van der Waals surface area contributed by atoms with Crippen LogP contribution in [0.25, 0.3) is 0 Å². The Hall–Kier alpha value is -1.55. The third kappa shape index (κ3) is 4.47. The molecule has 0 aromatic carbocycles. The van der Waals surface area contributed by atoms with Gasteiger partial charge in [0, 0.05) is 0 Å². The summed E-state index contributed by atoms with van der Waals surface area (Å²) in [4.78, 5) is 22.2. The molecule has 0 aliphatic carbocycles. The maximum absolute atomic E-state index is 13.0. The van der Waals surface area contributed by atoms with Crippen molar-refractivity contribution in [2.75, 3.05) is 6.61 Å². The summed E-state index contributed by atoms with van der Waals surface area (Å²) < 4.78 is 91.4. The number of amides is 1. The van der Waals surface area contributed by atoms with Crippen LogP contribution in [0.1, 0.15) is 20.8 Å². The first kappa shape index (κ1) is 20.5. The molecule has 4 nitrogen and oxygen atoms in total. The van der Waals surface area contributed by atoms with Crippen molar-refractivity contribution in [3.63, 3.8) is 0 Å². The Morgan fingerprint density at radius 1 is 1.00 bits per heavy atom. The number of rotatable bonds is 6. The van der Waals surface area contributed by atoms with Crippen LogP contribution in [0.5, 0.6) is 0 Å². The average Bonchev–Trinajstić information content (AvgIpc) is 2.33. The number of hydrogen-bond donors (Lipinski definition) is 1. The number of nitrogens with one attached hydrogen (secondary N) is 1. The summed E-state index contributed by atoms with van der Waals surface area (Å²) in [5.74, 6) is -17.0. The zero-order valence-electron chi connectivity index (χ0n) is 11.7. The Balaban J connectivity index is 4.94. The van der Waals surface area contributed by atoms with Crippen LogP contribution in [-0.2, 0) is 14.3 Å². The van der Waals surface area contributed by atoms with Crippen LogP contribution < -0.4 is 5.32 Å². The van der Waals surface area contributed by atoms with E-state index in [9.17, 15) is 40.3 Å². The predicted molar refractivity (Wildman–Crippen MR) is 59.4 cm³/mol. The van der Waals surface area contributed by atoms with Crippen LogP contribution in [-0.4, -0.2) is 42.5 Å².